The Morgan fingerprint density at radius 2 is 1.74 bits per heavy atom. The van der Waals surface area contributed by atoms with Gasteiger partial charge in [-0.1, -0.05) is 12.1 Å². The van der Waals surface area contributed by atoms with Crippen LogP contribution in [-0.2, 0) is 11.3 Å². The second-order valence-electron chi connectivity index (χ2n) is 5.85. The van der Waals surface area contributed by atoms with Gasteiger partial charge in [-0.3, -0.25) is 4.79 Å². The second kappa shape index (κ2) is 8.04. The molecule has 144 valence electrons. The molecule has 1 fully saturated rings. The van der Waals surface area contributed by atoms with E-state index in [-0.39, 0.29) is 23.8 Å². The van der Waals surface area contributed by atoms with E-state index in [0.29, 0.717) is 22.8 Å². The highest BCUT2D eigenvalue weighted by Crippen LogP contribution is 2.46. The molecule has 1 atom stereocenters. The van der Waals surface area contributed by atoms with Crippen LogP contribution in [0.5, 0.6) is 17.2 Å². The first-order valence-corrected chi connectivity index (χ1v) is 9.18. The van der Waals surface area contributed by atoms with Gasteiger partial charge in [-0.25, -0.2) is 8.78 Å². The highest BCUT2D eigenvalue weighted by Gasteiger charge is 2.36. The Morgan fingerprint density at radius 1 is 1.07 bits per heavy atom. The van der Waals surface area contributed by atoms with E-state index in [1.54, 1.807) is 12.1 Å². The molecule has 1 amide bonds. The first-order valence-electron chi connectivity index (χ1n) is 8.14. The van der Waals surface area contributed by atoms with Gasteiger partial charge in [0.15, 0.2) is 23.1 Å². The van der Waals surface area contributed by atoms with E-state index in [0.717, 1.165) is 6.07 Å². The van der Waals surface area contributed by atoms with Crippen LogP contribution in [0.15, 0.2) is 30.3 Å². The second-order valence-corrected chi connectivity index (χ2v) is 6.92. The lowest BCUT2D eigenvalue weighted by atomic mass is 10.1. The number of ether oxygens (including phenoxy) is 3. The molecule has 0 radical (unpaired) electrons. The van der Waals surface area contributed by atoms with Crippen LogP contribution < -0.4 is 14.2 Å². The molecular weight excluding hydrogens is 376 g/mol. The third-order valence-corrected chi connectivity index (χ3v) is 5.58. The van der Waals surface area contributed by atoms with Crippen LogP contribution in [0.2, 0.25) is 0 Å². The molecule has 0 saturated carbocycles. The zero-order valence-electron chi connectivity index (χ0n) is 15.1. The van der Waals surface area contributed by atoms with Crippen molar-refractivity contribution >= 4 is 17.7 Å². The van der Waals surface area contributed by atoms with Gasteiger partial charge in [-0.15, -0.1) is 11.8 Å². The summed E-state index contributed by atoms with van der Waals surface area (Å²) in [5.41, 5.74) is 0.818. The lowest BCUT2D eigenvalue weighted by molar-refractivity contribution is -0.128. The Kier molecular flexibility index (Phi) is 5.74. The van der Waals surface area contributed by atoms with E-state index in [9.17, 15) is 13.6 Å². The summed E-state index contributed by atoms with van der Waals surface area (Å²) in [5.74, 6) is -0.304. The first-order chi connectivity index (χ1) is 13.0. The maximum Gasteiger partial charge on any atom is 0.234 e. The predicted molar refractivity (Wildman–Crippen MR) is 98.2 cm³/mol. The Hall–Kier alpha value is -2.48. The van der Waals surface area contributed by atoms with E-state index in [4.69, 9.17) is 14.2 Å². The number of benzene rings is 2. The molecule has 1 aliphatic rings. The SMILES string of the molecule is COc1cc(OC)c(C2SCC(=O)N2Cc2cccc(F)c2F)cc1OC. The van der Waals surface area contributed by atoms with Crippen LogP contribution in [0.3, 0.4) is 0 Å². The quantitative estimate of drug-likeness (QED) is 0.745. The zero-order valence-corrected chi connectivity index (χ0v) is 15.9. The van der Waals surface area contributed by atoms with Gasteiger partial charge in [0.2, 0.25) is 5.91 Å². The van der Waals surface area contributed by atoms with E-state index in [1.165, 1.54) is 50.1 Å². The number of thioether (sulfide) groups is 1. The maximum atomic E-state index is 14.1. The molecule has 0 N–H and O–H groups in total. The van der Waals surface area contributed by atoms with Crippen molar-refractivity contribution < 1.29 is 27.8 Å². The molecule has 1 saturated heterocycles. The number of rotatable bonds is 6. The molecule has 3 rings (SSSR count). The third kappa shape index (κ3) is 3.66. The number of carbonyl (C=O) groups is 1. The standard InChI is InChI=1S/C19H19F2NO4S/c1-24-14-8-16(26-3)15(25-2)7-12(14)19-22(17(23)10-27-19)9-11-5-4-6-13(20)18(11)21/h4-8,19H,9-10H2,1-3H3. The largest absolute Gasteiger partial charge is 0.496 e. The minimum Gasteiger partial charge on any atom is -0.496 e. The molecule has 0 aliphatic carbocycles. The number of carbonyl (C=O) groups excluding carboxylic acids is 1. The van der Waals surface area contributed by atoms with Crippen LogP contribution >= 0.6 is 11.8 Å². The van der Waals surface area contributed by atoms with Crippen LogP contribution in [0, 0.1) is 11.6 Å². The van der Waals surface area contributed by atoms with Crippen LogP contribution in [0.25, 0.3) is 0 Å². The molecule has 27 heavy (non-hydrogen) atoms. The monoisotopic (exact) mass is 395 g/mol. The topological polar surface area (TPSA) is 48.0 Å². The summed E-state index contributed by atoms with van der Waals surface area (Å²) < 4.78 is 43.7. The van der Waals surface area contributed by atoms with Crippen molar-refractivity contribution in [1.29, 1.82) is 0 Å². The highest BCUT2D eigenvalue weighted by molar-refractivity contribution is 8.00. The number of hydrogen-bond donors (Lipinski definition) is 0. The van der Waals surface area contributed by atoms with Crippen LogP contribution in [0.1, 0.15) is 16.5 Å². The highest BCUT2D eigenvalue weighted by atomic mass is 32.2. The van der Waals surface area contributed by atoms with E-state index < -0.39 is 17.0 Å². The zero-order chi connectivity index (χ0) is 19.6. The predicted octanol–water partition coefficient (Wildman–Crippen LogP) is 3.76. The molecule has 1 unspecified atom stereocenters. The van der Waals surface area contributed by atoms with E-state index >= 15 is 0 Å². The van der Waals surface area contributed by atoms with Crippen molar-refractivity contribution in [2.45, 2.75) is 11.9 Å². The normalized spacial score (nSPS) is 16.6. The minimum absolute atomic E-state index is 0.0441. The van der Waals surface area contributed by atoms with Gasteiger partial charge in [0.25, 0.3) is 0 Å². The summed E-state index contributed by atoms with van der Waals surface area (Å²) in [6, 6.07) is 7.36. The van der Waals surface area contributed by atoms with E-state index in [1.807, 2.05) is 0 Å². The lowest BCUT2D eigenvalue weighted by Crippen LogP contribution is -2.28. The fraction of sp³-hybridized carbons (Fsp3) is 0.316. The molecule has 0 bridgehead atoms. The summed E-state index contributed by atoms with van der Waals surface area (Å²) >= 11 is 1.39. The number of nitrogens with zero attached hydrogens (tertiary/aromatic N) is 1. The van der Waals surface area contributed by atoms with Crippen molar-refractivity contribution in [2.75, 3.05) is 27.1 Å². The third-order valence-electron chi connectivity index (χ3n) is 4.34. The molecule has 0 aromatic heterocycles. The number of amides is 1. The Bertz CT molecular complexity index is 862. The minimum atomic E-state index is -0.944. The van der Waals surface area contributed by atoms with Crippen LogP contribution in [0.4, 0.5) is 8.78 Å². The molecule has 5 nitrogen and oxygen atoms in total. The summed E-state index contributed by atoms with van der Waals surface area (Å²) in [7, 11) is 4.55. The van der Waals surface area contributed by atoms with Crippen molar-refractivity contribution in [3.8, 4) is 17.2 Å². The Labute approximate surface area is 160 Å². The summed E-state index contributed by atoms with van der Waals surface area (Å²) in [5, 5.41) is -0.421. The van der Waals surface area contributed by atoms with Gasteiger partial charge in [0.05, 0.1) is 33.6 Å². The molecule has 0 spiro atoms. The average Bonchev–Trinajstić information content (AvgIpc) is 3.04. The van der Waals surface area contributed by atoms with Gasteiger partial charge < -0.3 is 19.1 Å². The number of methoxy groups -OCH3 is 3. The lowest BCUT2D eigenvalue weighted by Gasteiger charge is -2.26. The van der Waals surface area contributed by atoms with Gasteiger partial charge in [0, 0.05) is 17.2 Å². The van der Waals surface area contributed by atoms with Crippen molar-refractivity contribution in [2.24, 2.45) is 0 Å². The van der Waals surface area contributed by atoms with Gasteiger partial charge >= 0.3 is 0 Å². The summed E-state index contributed by atoms with van der Waals surface area (Å²) in [4.78, 5) is 13.9. The summed E-state index contributed by atoms with van der Waals surface area (Å²) in [6.07, 6.45) is 0. The fourth-order valence-electron chi connectivity index (χ4n) is 2.98. The molecule has 8 heteroatoms. The smallest absolute Gasteiger partial charge is 0.234 e. The van der Waals surface area contributed by atoms with Crippen molar-refractivity contribution in [3.05, 3.63) is 53.1 Å². The Balaban J connectivity index is 2.00. The fourth-order valence-corrected chi connectivity index (χ4v) is 4.18. The van der Waals surface area contributed by atoms with Gasteiger partial charge in [0.1, 0.15) is 11.1 Å². The van der Waals surface area contributed by atoms with Crippen molar-refractivity contribution in [1.82, 2.24) is 4.90 Å². The first kappa shape index (κ1) is 19.3. The Morgan fingerprint density at radius 3 is 2.41 bits per heavy atom. The maximum absolute atomic E-state index is 14.1. The summed E-state index contributed by atoms with van der Waals surface area (Å²) in [6.45, 7) is -0.0441. The molecular formula is C19H19F2NO4S. The van der Waals surface area contributed by atoms with Gasteiger partial charge in [-0.2, -0.15) is 0 Å². The number of halogens is 2. The van der Waals surface area contributed by atoms with Gasteiger partial charge in [-0.05, 0) is 12.1 Å². The molecule has 1 heterocycles. The molecule has 2 aromatic carbocycles. The average molecular weight is 395 g/mol. The van der Waals surface area contributed by atoms with Crippen LogP contribution in [-0.4, -0.2) is 37.9 Å². The molecule has 2 aromatic rings. The van der Waals surface area contributed by atoms with E-state index in [2.05, 4.69) is 0 Å². The number of hydrogen-bond acceptors (Lipinski definition) is 5. The van der Waals surface area contributed by atoms with Crippen molar-refractivity contribution in [3.63, 3.8) is 0 Å². The molecule has 1 aliphatic heterocycles.